The number of carbonyl (C=O) groups excluding carboxylic acids is 1. The first-order chi connectivity index (χ1) is 6.74. The fourth-order valence-corrected chi connectivity index (χ4v) is 1.63. The van der Waals surface area contributed by atoms with E-state index in [0.29, 0.717) is 5.78 Å². The van der Waals surface area contributed by atoms with E-state index >= 15 is 0 Å². The van der Waals surface area contributed by atoms with Gasteiger partial charge in [0.2, 0.25) is 0 Å². The van der Waals surface area contributed by atoms with Gasteiger partial charge in [-0.3, -0.25) is 4.79 Å². The third-order valence-corrected chi connectivity index (χ3v) is 2.49. The van der Waals surface area contributed by atoms with E-state index in [2.05, 4.69) is 0 Å². The summed E-state index contributed by atoms with van der Waals surface area (Å²) in [6, 6.07) is 1.97. The molecule has 1 fully saturated rings. The molecular formula is C12H15NO. The van der Waals surface area contributed by atoms with Crippen LogP contribution in [0.5, 0.6) is 0 Å². The molecule has 1 atom stereocenters. The first-order valence-electron chi connectivity index (χ1n) is 5.01. The number of hydrogen-bond donors (Lipinski definition) is 0. The second kappa shape index (κ2) is 5.39. The number of allylic oxidation sites excluding steroid dienone is 4. The van der Waals surface area contributed by atoms with Gasteiger partial charge in [-0.15, -0.1) is 0 Å². The molecule has 0 heterocycles. The third kappa shape index (κ3) is 3.18. The second-order valence-corrected chi connectivity index (χ2v) is 3.70. The predicted molar refractivity (Wildman–Crippen MR) is 55.5 cm³/mol. The van der Waals surface area contributed by atoms with Crippen LogP contribution in [0.25, 0.3) is 0 Å². The van der Waals surface area contributed by atoms with Crippen molar-refractivity contribution in [1.29, 1.82) is 5.26 Å². The molecule has 0 spiro atoms. The minimum absolute atomic E-state index is 0.0887. The van der Waals surface area contributed by atoms with Crippen LogP contribution in [-0.2, 0) is 4.79 Å². The summed E-state index contributed by atoms with van der Waals surface area (Å²) in [5.41, 5.74) is 0.908. The molecule has 0 saturated heterocycles. The summed E-state index contributed by atoms with van der Waals surface area (Å²) in [6.45, 7) is 1.87. The number of Topliss-reactive ketones (excluding diaryl/α,β-unsaturated/α-hetero) is 1. The molecule has 0 aliphatic heterocycles. The van der Waals surface area contributed by atoms with Crippen molar-refractivity contribution in [2.75, 3.05) is 0 Å². The molecule has 0 N–H and O–H groups in total. The van der Waals surface area contributed by atoms with E-state index in [9.17, 15) is 4.79 Å². The molecule has 74 valence electrons. The third-order valence-electron chi connectivity index (χ3n) is 2.49. The zero-order valence-electron chi connectivity index (χ0n) is 8.49. The molecule has 0 aromatic heterocycles. The molecule has 0 aromatic rings. The monoisotopic (exact) mass is 189 g/mol. The van der Waals surface area contributed by atoms with Crippen molar-refractivity contribution >= 4 is 5.78 Å². The van der Waals surface area contributed by atoms with E-state index in [1.54, 1.807) is 0 Å². The maximum atomic E-state index is 11.4. The number of nitrogens with zero attached hydrogens (tertiary/aromatic N) is 1. The molecule has 2 heteroatoms. The molecule has 0 radical (unpaired) electrons. The lowest BCUT2D eigenvalue weighted by Gasteiger charge is -2.16. The Morgan fingerprint density at radius 3 is 3.00 bits per heavy atom. The maximum Gasteiger partial charge on any atom is 0.139 e. The van der Waals surface area contributed by atoms with Crippen molar-refractivity contribution in [1.82, 2.24) is 0 Å². The molecular weight excluding hydrogens is 174 g/mol. The van der Waals surface area contributed by atoms with Gasteiger partial charge in [-0.1, -0.05) is 18.6 Å². The summed E-state index contributed by atoms with van der Waals surface area (Å²) in [7, 11) is 0. The van der Waals surface area contributed by atoms with E-state index in [1.165, 1.54) is 6.08 Å². The molecule has 2 nitrogen and oxygen atoms in total. The summed E-state index contributed by atoms with van der Waals surface area (Å²) in [6.07, 6.45) is 9.16. The van der Waals surface area contributed by atoms with Gasteiger partial charge in [0.05, 0.1) is 6.07 Å². The van der Waals surface area contributed by atoms with E-state index in [1.807, 2.05) is 25.1 Å². The van der Waals surface area contributed by atoms with Gasteiger partial charge >= 0.3 is 0 Å². The van der Waals surface area contributed by atoms with Crippen LogP contribution < -0.4 is 0 Å². The molecule has 1 aliphatic rings. The standard InChI is InChI=1S/C12H15NO/c1-10(8-9-13)6-7-11-4-2-3-5-12(11)14/h6-8,11H,2-5H2,1H3. The van der Waals surface area contributed by atoms with Crippen LogP contribution in [0.3, 0.4) is 0 Å². The molecule has 1 aliphatic carbocycles. The minimum atomic E-state index is 0.0887. The fourth-order valence-electron chi connectivity index (χ4n) is 1.63. The Morgan fingerprint density at radius 2 is 2.36 bits per heavy atom. The molecule has 1 rings (SSSR count). The summed E-state index contributed by atoms with van der Waals surface area (Å²) in [5.74, 6) is 0.433. The van der Waals surface area contributed by atoms with E-state index in [-0.39, 0.29) is 5.92 Å². The van der Waals surface area contributed by atoms with Crippen LogP contribution in [-0.4, -0.2) is 5.78 Å². The highest BCUT2D eigenvalue weighted by Crippen LogP contribution is 2.21. The van der Waals surface area contributed by atoms with Crippen molar-refractivity contribution in [2.45, 2.75) is 32.6 Å². The Balaban J connectivity index is 2.55. The van der Waals surface area contributed by atoms with Crippen LogP contribution in [0.4, 0.5) is 0 Å². The summed E-state index contributed by atoms with van der Waals surface area (Å²) in [5, 5.41) is 8.40. The Labute approximate surface area is 84.9 Å². The number of hydrogen-bond acceptors (Lipinski definition) is 2. The number of ketones is 1. The highest BCUT2D eigenvalue weighted by Gasteiger charge is 2.18. The van der Waals surface area contributed by atoms with Crippen molar-refractivity contribution in [3.8, 4) is 6.07 Å². The van der Waals surface area contributed by atoms with Gasteiger partial charge in [0.1, 0.15) is 5.78 Å². The average molecular weight is 189 g/mol. The van der Waals surface area contributed by atoms with E-state index < -0.39 is 0 Å². The van der Waals surface area contributed by atoms with Crippen LogP contribution in [0.1, 0.15) is 32.6 Å². The molecule has 0 amide bonds. The van der Waals surface area contributed by atoms with Gasteiger partial charge in [0.25, 0.3) is 0 Å². The smallest absolute Gasteiger partial charge is 0.139 e. The lowest BCUT2D eigenvalue weighted by Crippen LogP contribution is -2.16. The van der Waals surface area contributed by atoms with Gasteiger partial charge in [-0.2, -0.15) is 5.26 Å². The SMILES string of the molecule is CC(C=CC1CCCCC1=O)=CC#N. The minimum Gasteiger partial charge on any atom is -0.299 e. The highest BCUT2D eigenvalue weighted by molar-refractivity contribution is 5.83. The molecule has 14 heavy (non-hydrogen) atoms. The van der Waals surface area contributed by atoms with Crippen LogP contribution in [0.2, 0.25) is 0 Å². The topological polar surface area (TPSA) is 40.9 Å². The Kier molecular flexibility index (Phi) is 4.12. The number of rotatable bonds is 2. The molecule has 1 saturated carbocycles. The Bertz CT molecular complexity index is 307. The summed E-state index contributed by atoms with van der Waals surface area (Å²) >= 11 is 0. The summed E-state index contributed by atoms with van der Waals surface area (Å²) < 4.78 is 0. The van der Waals surface area contributed by atoms with E-state index in [0.717, 1.165) is 31.3 Å². The van der Waals surface area contributed by atoms with Crippen LogP contribution >= 0.6 is 0 Å². The summed E-state index contributed by atoms with van der Waals surface area (Å²) in [4.78, 5) is 11.4. The zero-order chi connectivity index (χ0) is 10.4. The van der Waals surface area contributed by atoms with Gasteiger partial charge < -0.3 is 0 Å². The first-order valence-corrected chi connectivity index (χ1v) is 5.01. The van der Waals surface area contributed by atoms with E-state index in [4.69, 9.17) is 5.26 Å². The average Bonchev–Trinajstić information content (AvgIpc) is 2.17. The number of nitriles is 1. The van der Waals surface area contributed by atoms with Crippen molar-refractivity contribution in [2.24, 2.45) is 5.92 Å². The predicted octanol–water partition coefficient (Wildman–Crippen LogP) is 2.77. The van der Waals surface area contributed by atoms with Crippen LogP contribution in [0, 0.1) is 17.2 Å². The lowest BCUT2D eigenvalue weighted by molar-refractivity contribution is -0.122. The van der Waals surface area contributed by atoms with Crippen molar-refractivity contribution in [3.63, 3.8) is 0 Å². The quantitative estimate of drug-likeness (QED) is 0.495. The zero-order valence-corrected chi connectivity index (χ0v) is 8.49. The largest absolute Gasteiger partial charge is 0.299 e. The molecule has 0 bridgehead atoms. The number of carbonyl (C=O) groups is 1. The van der Waals surface area contributed by atoms with Crippen molar-refractivity contribution in [3.05, 3.63) is 23.8 Å². The van der Waals surface area contributed by atoms with Crippen LogP contribution in [0.15, 0.2) is 23.8 Å². The van der Waals surface area contributed by atoms with Crippen molar-refractivity contribution < 1.29 is 4.79 Å². The van der Waals surface area contributed by atoms with Gasteiger partial charge in [-0.05, 0) is 25.3 Å². The molecule has 0 aromatic carbocycles. The molecule has 1 unspecified atom stereocenters. The lowest BCUT2D eigenvalue weighted by atomic mass is 9.87. The Morgan fingerprint density at radius 1 is 1.57 bits per heavy atom. The second-order valence-electron chi connectivity index (χ2n) is 3.70. The highest BCUT2D eigenvalue weighted by atomic mass is 16.1. The van der Waals surface area contributed by atoms with Gasteiger partial charge in [0.15, 0.2) is 0 Å². The normalized spacial score (nSPS) is 23.9. The Hall–Kier alpha value is -1.36. The van der Waals surface area contributed by atoms with Gasteiger partial charge in [-0.25, -0.2) is 0 Å². The first kappa shape index (κ1) is 10.7. The maximum absolute atomic E-state index is 11.4. The van der Waals surface area contributed by atoms with Gasteiger partial charge in [0, 0.05) is 18.4 Å². The fraction of sp³-hybridized carbons (Fsp3) is 0.500.